The van der Waals surface area contributed by atoms with Crippen LogP contribution >= 0.6 is 22.7 Å². The zero-order valence-corrected chi connectivity index (χ0v) is 13.8. The maximum absolute atomic E-state index is 4.81. The SMILES string of the molecule is c1csc(CN(Cc2csc(CNC3CC3)n2)C2CC2)c1. The van der Waals surface area contributed by atoms with E-state index < -0.39 is 0 Å². The molecule has 21 heavy (non-hydrogen) atoms. The van der Waals surface area contributed by atoms with Crippen LogP contribution < -0.4 is 5.32 Å². The second-order valence-electron chi connectivity index (χ2n) is 6.10. The topological polar surface area (TPSA) is 28.2 Å². The predicted octanol–water partition coefficient (Wildman–Crippen LogP) is 3.62. The molecule has 1 N–H and O–H groups in total. The lowest BCUT2D eigenvalue weighted by Gasteiger charge is -2.20. The second kappa shape index (κ2) is 6.16. The van der Waals surface area contributed by atoms with Crippen molar-refractivity contribution >= 4 is 22.7 Å². The highest BCUT2D eigenvalue weighted by molar-refractivity contribution is 7.10. The number of hydrogen-bond donors (Lipinski definition) is 1. The van der Waals surface area contributed by atoms with Crippen molar-refractivity contribution in [3.63, 3.8) is 0 Å². The molecule has 0 radical (unpaired) electrons. The van der Waals surface area contributed by atoms with E-state index in [-0.39, 0.29) is 0 Å². The zero-order valence-electron chi connectivity index (χ0n) is 12.1. The van der Waals surface area contributed by atoms with Gasteiger partial charge in [-0.25, -0.2) is 4.98 Å². The Kier molecular flexibility index (Phi) is 4.07. The van der Waals surface area contributed by atoms with Crippen LogP contribution in [0.1, 0.15) is 41.3 Å². The molecule has 2 aliphatic carbocycles. The molecule has 0 aliphatic heterocycles. The minimum absolute atomic E-state index is 0.763. The van der Waals surface area contributed by atoms with Crippen molar-refractivity contribution in [2.24, 2.45) is 0 Å². The van der Waals surface area contributed by atoms with E-state index in [2.05, 4.69) is 33.1 Å². The van der Waals surface area contributed by atoms with Crippen molar-refractivity contribution in [1.29, 1.82) is 0 Å². The molecule has 0 saturated heterocycles. The Morgan fingerprint density at radius 2 is 2.10 bits per heavy atom. The van der Waals surface area contributed by atoms with Crippen LogP contribution in [0.3, 0.4) is 0 Å². The van der Waals surface area contributed by atoms with Crippen molar-refractivity contribution in [2.45, 2.75) is 57.4 Å². The van der Waals surface area contributed by atoms with E-state index in [0.29, 0.717) is 0 Å². The highest BCUT2D eigenvalue weighted by Crippen LogP contribution is 2.30. The fraction of sp³-hybridized carbons (Fsp3) is 0.562. The van der Waals surface area contributed by atoms with Crippen molar-refractivity contribution in [1.82, 2.24) is 15.2 Å². The summed E-state index contributed by atoms with van der Waals surface area (Å²) in [6.07, 6.45) is 5.39. The van der Waals surface area contributed by atoms with Crippen LogP contribution in [-0.2, 0) is 19.6 Å². The number of nitrogens with zero attached hydrogens (tertiary/aromatic N) is 2. The van der Waals surface area contributed by atoms with Gasteiger partial charge in [-0.15, -0.1) is 22.7 Å². The maximum Gasteiger partial charge on any atom is 0.107 e. The van der Waals surface area contributed by atoms with Gasteiger partial charge in [0.15, 0.2) is 0 Å². The van der Waals surface area contributed by atoms with Crippen LogP contribution in [0.5, 0.6) is 0 Å². The van der Waals surface area contributed by atoms with E-state index in [1.165, 1.54) is 41.3 Å². The first kappa shape index (κ1) is 13.9. The zero-order chi connectivity index (χ0) is 14.1. The van der Waals surface area contributed by atoms with Crippen LogP contribution in [0.25, 0.3) is 0 Å². The first-order valence-electron chi connectivity index (χ1n) is 7.80. The van der Waals surface area contributed by atoms with E-state index in [9.17, 15) is 0 Å². The quantitative estimate of drug-likeness (QED) is 0.805. The molecule has 2 aliphatic rings. The van der Waals surface area contributed by atoms with Gasteiger partial charge in [0, 0.05) is 42.0 Å². The van der Waals surface area contributed by atoms with Gasteiger partial charge in [0.1, 0.15) is 5.01 Å². The Morgan fingerprint density at radius 3 is 2.81 bits per heavy atom. The maximum atomic E-state index is 4.81. The summed E-state index contributed by atoms with van der Waals surface area (Å²) in [7, 11) is 0. The average Bonchev–Trinajstić information content (AvgIpc) is 3.41. The Balaban J connectivity index is 1.35. The van der Waals surface area contributed by atoms with E-state index >= 15 is 0 Å². The lowest BCUT2D eigenvalue weighted by Crippen LogP contribution is -2.24. The molecule has 2 saturated carbocycles. The Labute approximate surface area is 134 Å². The van der Waals surface area contributed by atoms with Gasteiger partial charge in [0.25, 0.3) is 0 Å². The molecule has 0 spiro atoms. The molecule has 2 aromatic heterocycles. The van der Waals surface area contributed by atoms with Crippen molar-refractivity contribution in [3.8, 4) is 0 Å². The fourth-order valence-corrected chi connectivity index (χ4v) is 4.05. The number of rotatable bonds is 8. The Bertz CT molecular complexity index is 570. The fourth-order valence-electron chi connectivity index (χ4n) is 2.59. The highest BCUT2D eigenvalue weighted by Gasteiger charge is 2.29. The largest absolute Gasteiger partial charge is 0.308 e. The summed E-state index contributed by atoms with van der Waals surface area (Å²) in [5.74, 6) is 0. The minimum Gasteiger partial charge on any atom is -0.308 e. The van der Waals surface area contributed by atoms with Gasteiger partial charge in [-0.1, -0.05) is 6.07 Å². The van der Waals surface area contributed by atoms with Crippen LogP contribution in [0.4, 0.5) is 0 Å². The smallest absolute Gasteiger partial charge is 0.107 e. The van der Waals surface area contributed by atoms with Gasteiger partial charge in [0.2, 0.25) is 0 Å². The molecule has 0 bridgehead atoms. The summed E-state index contributed by atoms with van der Waals surface area (Å²) in [6, 6.07) is 5.93. The van der Waals surface area contributed by atoms with E-state index in [1.807, 2.05) is 11.3 Å². The van der Waals surface area contributed by atoms with Gasteiger partial charge in [-0.2, -0.15) is 0 Å². The van der Waals surface area contributed by atoms with Crippen LogP contribution in [0.2, 0.25) is 0 Å². The summed E-state index contributed by atoms with van der Waals surface area (Å²) in [6.45, 7) is 3.03. The lowest BCUT2D eigenvalue weighted by molar-refractivity contribution is 0.245. The number of aromatic nitrogens is 1. The molecule has 2 aromatic rings. The molecular weight excluding hydrogens is 298 g/mol. The molecule has 3 nitrogen and oxygen atoms in total. The third kappa shape index (κ3) is 3.92. The molecule has 5 heteroatoms. The van der Waals surface area contributed by atoms with E-state index in [4.69, 9.17) is 4.98 Å². The summed E-state index contributed by atoms with van der Waals surface area (Å²) < 4.78 is 0. The van der Waals surface area contributed by atoms with Gasteiger partial charge < -0.3 is 5.32 Å². The molecule has 2 fully saturated rings. The molecule has 112 valence electrons. The molecule has 0 atom stereocenters. The van der Waals surface area contributed by atoms with Crippen molar-refractivity contribution < 1.29 is 0 Å². The first-order chi connectivity index (χ1) is 10.4. The molecule has 0 unspecified atom stereocenters. The number of thiazole rings is 1. The number of nitrogens with one attached hydrogen (secondary N) is 1. The summed E-state index contributed by atoms with van der Waals surface area (Å²) in [5.41, 5.74) is 1.25. The third-order valence-corrected chi connectivity index (χ3v) is 5.84. The second-order valence-corrected chi connectivity index (χ2v) is 8.08. The molecule has 0 amide bonds. The standard InChI is InChI=1S/C16H21N3S2/c1-2-15(20-7-1)10-19(14-5-6-14)9-13-11-21-16(18-13)8-17-12-3-4-12/h1-2,7,11-12,14,17H,3-6,8-10H2. The molecule has 0 aromatic carbocycles. The predicted molar refractivity (Wildman–Crippen MR) is 88.6 cm³/mol. The van der Waals surface area contributed by atoms with Crippen molar-refractivity contribution in [3.05, 3.63) is 38.5 Å². The lowest BCUT2D eigenvalue weighted by atomic mass is 10.3. The average molecular weight is 319 g/mol. The van der Waals surface area contributed by atoms with Gasteiger partial charge in [-0.3, -0.25) is 4.90 Å². The summed E-state index contributed by atoms with van der Waals surface area (Å²) in [5, 5.41) is 9.20. The monoisotopic (exact) mass is 319 g/mol. The van der Waals surface area contributed by atoms with Crippen LogP contribution in [0, 0.1) is 0 Å². The molecule has 4 rings (SSSR count). The first-order valence-corrected chi connectivity index (χ1v) is 9.56. The number of hydrogen-bond acceptors (Lipinski definition) is 5. The minimum atomic E-state index is 0.763. The Hall–Kier alpha value is -0.750. The normalized spacial score (nSPS) is 18.5. The molecular formula is C16H21N3S2. The highest BCUT2D eigenvalue weighted by atomic mass is 32.1. The molecule has 2 heterocycles. The summed E-state index contributed by atoms with van der Waals surface area (Å²) >= 11 is 3.66. The summed E-state index contributed by atoms with van der Waals surface area (Å²) in [4.78, 5) is 8.87. The van der Waals surface area contributed by atoms with Crippen molar-refractivity contribution in [2.75, 3.05) is 0 Å². The van der Waals surface area contributed by atoms with Gasteiger partial charge in [-0.05, 0) is 37.1 Å². The van der Waals surface area contributed by atoms with Crippen LogP contribution in [-0.4, -0.2) is 22.0 Å². The van der Waals surface area contributed by atoms with Gasteiger partial charge >= 0.3 is 0 Å². The van der Waals surface area contributed by atoms with Gasteiger partial charge in [0.05, 0.1) is 5.69 Å². The Morgan fingerprint density at radius 1 is 1.19 bits per heavy atom. The third-order valence-electron chi connectivity index (χ3n) is 4.09. The number of thiophene rings is 1. The van der Waals surface area contributed by atoms with E-state index in [0.717, 1.165) is 31.7 Å². The van der Waals surface area contributed by atoms with Crippen LogP contribution in [0.15, 0.2) is 22.9 Å². The van der Waals surface area contributed by atoms with E-state index in [1.54, 1.807) is 11.3 Å².